The summed E-state index contributed by atoms with van der Waals surface area (Å²) < 4.78 is 108. The molecule has 0 bridgehead atoms. The number of benzene rings is 2. The second-order valence-electron chi connectivity index (χ2n) is 28.9. The Morgan fingerprint density at radius 2 is 0.969 bits per heavy atom. The first kappa shape index (κ1) is 74.3. The Bertz CT molecular complexity index is 4290. The number of pyridine rings is 6. The Balaban J connectivity index is 0.000000208. The van der Waals surface area contributed by atoms with Gasteiger partial charge in [0, 0.05) is 36.4 Å². The SMILES string of the molecule is CC1(C)CC[C@@H](CCC(Nc2cccc(S(=O)(=O)NC(=O)c3cc(Cc4ccccc4)c(F)nc3F)n2)c2cc(C(C)(C)C)ccn2)C1.CC1(C)CC[C@@H](CCC(Nc2cccc(S(N)(=O)=O)n2)c2cc(C(C)(C)C)ccn2)C1.O=C(O)c1cc(Cc2ccccc2)c(F)nc1F. The fraction of sp³-hybridized carbons (Fsp3) is 0.405. The van der Waals surface area contributed by atoms with Crippen LogP contribution >= 0.6 is 0 Å². The molecule has 17 nitrogen and oxygen atoms in total. The number of aromatic nitrogens is 6. The molecule has 2 unspecified atom stereocenters. The van der Waals surface area contributed by atoms with Gasteiger partial charge in [-0.3, -0.25) is 14.8 Å². The highest BCUT2D eigenvalue weighted by Crippen LogP contribution is 2.45. The summed E-state index contributed by atoms with van der Waals surface area (Å²) in [6.45, 7) is 22.3. The summed E-state index contributed by atoms with van der Waals surface area (Å²) in [4.78, 5) is 47.9. The van der Waals surface area contributed by atoms with Crippen LogP contribution in [0.3, 0.4) is 0 Å². The molecule has 6 N–H and O–H groups in total. The minimum atomic E-state index is -4.55. The summed E-state index contributed by atoms with van der Waals surface area (Å²) >= 11 is 0. The van der Waals surface area contributed by atoms with Gasteiger partial charge in [-0.1, -0.05) is 142 Å². The highest BCUT2D eigenvalue weighted by molar-refractivity contribution is 7.90. The van der Waals surface area contributed by atoms with Gasteiger partial charge >= 0.3 is 5.97 Å². The molecule has 0 spiro atoms. The molecule has 97 heavy (non-hydrogen) atoms. The van der Waals surface area contributed by atoms with Crippen molar-refractivity contribution in [2.45, 2.75) is 179 Å². The van der Waals surface area contributed by atoms with Gasteiger partial charge in [-0.15, -0.1) is 0 Å². The molecule has 2 aromatic carbocycles. The van der Waals surface area contributed by atoms with Crippen molar-refractivity contribution in [1.82, 2.24) is 34.6 Å². The van der Waals surface area contributed by atoms with Crippen LogP contribution in [0.2, 0.25) is 0 Å². The number of primary sulfonamides is 1. The molecular weight excluding hydrogens is 1280 g/mol. The maximum atomic E-state index is 14.7. The minimum absolute atomic E-state index is 0.0174. The Labute approximate surface area is 567 Å². The molecule has 4 atom stereocenters. The fourth-order valence-electron chi connectivity index (χ4n) is 12.4. The Morgan fingerprint density at radius 3 is 1.37 bits per heavy atom. The number of amides is 1. The number of halogens is 4. The molecule has 10 rings (SSSR count). The van der Waals surface area contributed by atoms with E-state index in [9.17, 15) is 44.0 Å². The van der Waals surface area contributed by atoms with Gasteiger partial charge in [0.25, 0.3) is 26.0 Å². The van der Waals surface area contributed by atoms with Gasteiger partial charge in [0.05, 0.1) is 29.0 Å². The predicted molar refractivity (Wildman–Crippen MR) is 368 cm³/mol. The average molecular weight is 1370 g/mol. The quantitative estimate of drug-likeness (QED) is 0.0331. The Morgan fingerprint density at radius 1 is 0.557 bits per heavy atom. The van der Waals surface area contributed by atoms with Crippen molar-refractivity contribution in [1.29, 1.82) is 0 Å². The normalized spacial score (nSPS) is 16.6. The first-order valence-corrected chi connectivity index (χ1v) is 35.5. The van der Waals surface area contributed by atoms with Crippen LogP contribution in [0.15, 0.2) is 156 Å². The second kappa shape index (κ2) is 31.3. The van der Waals surface area contributed by atoms with Crippen LogP contribution in [0, 0.1) is 46.5 Å². The van der Waals surface area contributed by atoms with Crippen LogP contribution < -0.4 is 20.5 Å². The lowest BCUT2D eigenvalue weighted by molar-refractivity contribution is 0.0689. The second-order valence-corrected chi connectivity index (χ2v) is 32.1. The van der Waals surface area contributed by atoms with Crippen LogP contribution in [0.1, 0.15) is 211 Å². The molecule has 2 saturated carbocycles. The van der Waals surface area contributed by atoms with Crippen LogP contribution in [-0.4, -0.2) is 63.7 Å². The van der Waals surface area contributed by atoms with Gasteiger partial charge in [0.2, 0.25) is 23.8 Å². The number of sulfonamides is 2. The number of hydrogen-bond donors (Lipinski definition) is 5. The van der Waals surface area contributed by atoms with Gasteiger partial charge in [-0.25, -0.2) is 33.0 Å². The lowest BCUT2D eigenvalue weighted by Gasteiger charge is -2.24. The third-order valence-corrected chi connectivity index (χ3v) is 19.8. The van der Waals surface area contributed by atoms with E-state index in [2.05, 4.69) is 128 Å². The van der Waals surface area contributed by atoms with E-state index in [1.807, 2.05) is 23.1 Å². The van der Waals surface area contributed by atoms with Gasteiger partial charge < -0.3 is 15.7 Å². The number of hydrogen-bond acceptors (Lipinski definition) is 14. The highest BCUT2D eigenvalue weighted by Gasteiger charge is 2.34. The van der Waals surface area contributed by atoms with Crippen molar-refractivity contribution < 1.29 is 49.1 Å². The van der Waals surface area contributed by atoms with E-state index in [0.717, 1.165) is 66.8 Å². The number of anilines is 2. The molecular formula is C74H88F4N10O7S2. The summed E-state index contributed by atoms with van der Waals surface area (Å²) in [5, 5.41) is 20.3. The summed E-state index contributed by atoms with van der Waals surface area (Å²) in [6.07, 6.45) is 14.9. The number of aromatic carboxylic acids is 1. The van der Waals surface area contributed by atoms with Gasteiger partial charge in [-0.05, 0) is 181 Å². The first-order chi connectivity index (χ1) is 45.5. The third-order valence-electron chi connectivity index (χ3n) is 17.7. The maximum Gasteiger partial charge on any atom is 0.340 e. The van der Waals surface area contributed by atoms with E-state index in [4.69, 9.17) is 10.2 Å². The van der Waals surface area contributed by atoms with Crippen molar-refractivity contribution >= 4 is 43.6 Å². The number of carbonyl (C=O) groups excluding carboxylic acids is 1. The Kier molecular flexibility index (Phi) is 24.0. The largest absolute Gasteiger partial charge is 0.478 e. The fourth-order valence-corrected chi connectivity index (χ4v) is 13.8. The van der Waals surface area contributed by atoms with Crippen molar-refractivity contribution in [3.05, 3.63) is 226 Å². The van der Waals surface area contributed by atoms with E-state index in [-0.39, 0.29) is 57.7 Å². The zero-order valence-electron chi connectivity index (χ0n) is 56.6. The molecule has 2 aliphatic rings. The van der Waals surface area contributed by atoms with E-state index < -0.39 is 71.9 Å². The summed E-state index contributed by atoms with van der Waals surface area (Å²) in [5.74, 6) is -5.48. The lowest BCUT2D eigenvalue weighted by Crippen LogP contribution is -2.32. The van der Waals surface area contributed by atoms with Crippen LogP contribution in [0.25, 0.3) is 0 Å². The van der Waals surface area contributed by atoms with Crippen LogP contribution in [0.5, 0.6) is 0 Å². The molecule has 0 radical (unpaired) electrons. The number of nitrogens with one attached hydrogen (secondary N) is 3. The zero-order valence-corrected chi connectivity index (χ0v) is 58.3. The highest BCUT2D eigenvalue weighted by atomic mass is 32.2. The average Bonchev–Trinajstić information content (AvgIpc) is 1.41. The van der Waals surface area contributed by atoms with Crippen LogP contribution in [0.4, 0.5) is 29.2 Å². The predicted octanol–water partition coefficient (Wildman–Crippen LogP) is 15.7. The topological polar surface area (TPSA) is 262 Å². The molecule has 8 aromatic rings. The van der Waals surface area contributed by atoms with Gasteiger partial charge in [-0.2, -0.15) is 35.9 Å². The van der Waals surface area contributed by atoms with Gasteiger partial charge in [0.1, 0.15) is 17.2 Å². The van der Waals surface area contributed by atoms with Crippen LogP contribution in [-0.2, 0) is 43.7 Å². The molecule has 2 aliphatic carbocycles. The molecule has 23 heteroatoms. The molecule has 6 aromatic heterocycles. The number of nitrogens with zero attached hydrogens (tertiary/aromatic N) is 6. The van der Waals surface area contributed by atoms with Crippen molar-refractivity contribution in [2.75, 3.05) is 10.6 Å². The minimum Gasteiger partial charge on any atom is -0.478 e. The maximum absolute atomic E-state index is 14.7. The number of carboxylic acid groups (broad SMARTS) is 1. The monoisotopic (exact) mass is 1370 g/mol. The standard InChI is InChI=1S/C37H43F2N5O3S.C24H36N4O2S.C13H9F2NO2/c1-36(2,3)27-17-19-40-30(22-27)29(15-14-25-16-18-37(4,5)23-25)41-31-12-9-13-32(42-31)48(46,47)44-35(45)28-21-26(33(38)43-34(28)39)20-24-10-7-6-8-11-24;1-23(2,3)18-12-14-26-20(15-18)19(10-9-17-11-13-24(4,5)16-17)27-21-7-6-8-22(28-21)31(25,29)30;14-11-9(6-8-4-2-1-3-5-8)7-10(13(17)18)12(15)16-11/h6-13,17,19,21-22,25,29H,14-16,18,20,23H2,1-5H3,(H,41,42)(H,44,45);6-8,12,14-15,17,19H,9-11,13,16H2,1-5H3,(H,27,28)(H2,25,29,30);1-5,7H,6H2,(H,17,18)/t25-,29?;17-,19?;/m11./s1. The molecule has 0 aliphatic heterocycles. The van der Waals surface area contributed by atoms with Crippen molar-refractivity contribution in [3.8, 4) is 0 Å². The molecule has 0 saturated heterocycles. The number of nitrogens with two attached hydrogens (primary N) is 1. The smallest absolute Gasteiger partial charge is 0.340 e. The van der Waals surface area contributed by atoms with E-state index in [0.29, 0.717) is 34.0 Å². The van der Waals surface area contributed by atoms with E-state index >= 15 is 0 Å². The summed E-state index contributed by atoms with van der Waals surface area (Å²) in [6, 6.07) is 36.9. The molecule has 6 heterocycles. The number of carbonyl (C=O) groups is 2. The number of carboxylic acids is 1. The van der Waals surface area contributed by atoms with E-state index in [1.165, 1.54) is 55.9 Å². The third kappa shape index (κ3) is 21.5. The van der Waals surface area contributed by atoms with Crippen molar-refractivity contribution in [2.24, 2.45) is 27.8 Å². The zero-order chi connectivity index (χ0) is 70.7. The number of rotatable bonds is 21. The molecule has 2 fully saturated rings. The molecule has 1 amide bonds. The van der Waals surface area contributed by atoms with E-state index in [1.54, 1.807) is 79.0 Å². The first-order valence-electron chi connectivity index (χ1n) is 32.5. The molecule has 516 valence electrons. The summed E-state index contributed by atoms with van der Waals surface area (Å²) in [7, 11) is -8.41. The van der Waals surface area contributed by atoms with Gasteiger partial charge in [0.15, 0.2) is 10.1 Å². The Hall–Kier alpha value is -8.54. The lowest BCUT2D eigenvalue weighted by atomic mass is 9.86. The summed E-state index contributed by atoms with van der Waals surface area (Å²) in [5.41, 5.74) is 4.98. The van der Waals surface area contributed by atoms with Crippen molar-refractivity contribution in [3.63, 3.8) is 0 Å².